The second-order valence-electron chi connectivity index (χ2n) is 8.77. The average Bonchev–Trinajstić information content (AvgIpc) is 3.46. The molecule has 2 aromatic heterocycles. The highest BCUT2D eigenvalue weighted by molar-refractivity contribution is 7.92. The molecule has 7 nitrogen and oxygen atoms in total. The van der Waals surface area contributed by atoms with E-state index in [9.17, 15) is 12.8 Å². The Morgan fingerprint density at radius 1 is 1.08 bits per heavy atom. The summed E-state index contributed by atoms with van der Waals surface area (Å²) in [5.41, 5.74) is 4.39. The van der Waals surface area contributed by atoms with Crippen molar-refractivity contribution in [2.75, 3.05) is 15.9 Å². The van der Waals surface area contributed by atoms with Gasteiger partial charge in [0, 0.05) is 29.5 Å². The molecule has 1 saturated heterocycles. The Balaban J connectivity index is 1.64. The minimum absolute atomic E-state index is 0.0277. The first kappa shape index (κ1) is 25.2. The summed E-state index contributed by atoms with van der Waals surface area (Å²) >= 11 is 11.9. The number of thiocarbonyl (C=S) groups is 1. The van der Waals surface area contributed by atoms with Gasteiger partial charge >= 0.3 is 0 Å². The molecule has 1 aliphatic rings. The van der Waals surface area contributed by atoms with Crippen molar-refractivity contribution in [2.45, 2.75) is 19.0 Å². The van der Waals surface area contributed by atoms with Gasteiger partial charge in [-0.15, -0.1) is 0 Å². The van der Waals surface area contributed by atoms with Crippen molar-refractivity contribution in [1.82, 2.24) is 14.9 Å². The molecule has 0 radical (unpaired) electrons. The van der Waals surface area contributed by atoms with Gasteiger partial charge < -0.3 is 14.8 Å². The molecule has 2 N–H and O–H groups in total. The Morgan fingerprint density at radius 3 is 2.54 bits per heavy atom. The number of sulfonamides is 1. The molecule has 0 aliphatic carbocycles. The SMILES string of the molecule is Cc1cc(N2C(=S)N[C@H](c3ccccn3)[C@@H]2c2cccn2-c2ccc(F)c(Cl)c2)ccc1NS(C)(=O)=O. The number of nitrogens with zero attached hydrogens (tertiary/aromatic N) is 3. The van der Waals surface area contributed by atoms with Crippen LogP contribution < -0.4 is 14.9 Å². The number of hydrogen-bond donors (Lipinski definition) is 2. The van der Waals surface area contributed by atoms with Crippen LogP contribution in [0.3, 0.4) is 0 Å². The van der Waals surface area contributed by atoms with E-state index >= 15 is 0 Å². The van der Waals surface area contributed by atoms with Gasteiger partial charge in [0.1, 0.15) is 11.9 Å². The largest absolute Gasteiger partial charge is 0.351 e. The Kier molecular flexibility index (Phi) is 6.65. The van der Waals surface area contributed by atoms with Crippen LogP contribution in [0, 0.1) is 12.7 Å². The fraction of sp³-hybridized carbons (Fsp3) is 0.154. The van der Waals surface area contributed by atoms with Crippen molar-refractivity contribution >= 4 is 50.3 Å². The third-order valence-electron chi connectivity index (χ3n) is 6.15. The van der Waals surface area contributed by atoms with Crippen molar-refractivity contribution in [2.24, 2.45) is 0 Å². The maximum absolute atomic E-state index is 13.9. The maximum atomic E-state index is 13.9. The highest BCUT2D eigenvalue weighted by atomic mass is 35.5. The molecular weight excluding hydrogens is 533 g/mol. The van der Waals surface area contributed by atoms with Gasteiger partial charge in [0.05, 0.1) is 28.7 Å². The van der Waals surface area contributed by atoms with Crippen LogP contribution in [-0.4, -0.2) is 29.3 Å². The predicted octanol–water partition coefficient (Wildman–Crippen LogP) is 5.52. The molecule has 2 atom stereocenters. The van der Waals surface area contributed by atoms with E-state index in [1.807, 2.05) is 65.1 Å². The molecule has 0 saturated carbocycles. The summed E-state index contributed by atoms with van der Waals surface area (Å²) in [4.78, 5) is 6.57. The number of pyridine rings is 1. The van der Waals surface area contributed by atoms with E-state index in [0.717, 1.165) is 28.9 Å². The van der Waals surface area contributed by atoms with Crippen LogP contribution in [0.25, 0.3) is 5.69 Å². The fourth-order valence-corrected chi connectivity index (χ4v) is 5.70. The Hall–Kier alpha value is -3.47. The molecule has 0 bridgehead atoms. The maximum Gasteiger partial charge on any atom is 0.229 e. The van der Waals surface area contributed by atoms with Gasteiger partial charge in [-0.2, -0.15) is 0 Å². The summed E-state index contributed by atoms with van der Waals surface area (Å²) in [7, 11) is -3.43. The lowest BCUT2D eigenvalue weighted by Gasteiger charge is -2.29. The summed E-state index contributed by atoms with van der Waals surface area (Å²) < 4.78 is 41.9. The lowest BCUT2D eigenvalue weighted by Crippen LogP contribution is -2.30. The van der Waals surface area contributed by atoms with E-state index in [-0.39, 0.29) is 17.1 Å². The molecule has 11 heteroatoms. The van der Waals surface area contributed by atoms with E-state index in [4.69, 9.17) is 23.8 Å². The number of halogens is 2. The Bertz CT molecular complexity index is 1590. The van der Waals surface area contributed by atoms with Gasteiger partial charge in [-0.3, -0.25) is 9.71 Å². The third kappa shape index (κ3) is 5.04. The summed E-state index contributed by atoms with van der Waals surface area (Å²) in [6, 6.07) is 19.0. The molecule has 3 heterocycles. The molecule has 37 heavy (non-hydrogen) atoms. The lowest BCUT2D eigenvalue weighted by atomic mass is 10.0. The molecule has 0 unspecified atom stereocenters. The number of aryl methyl sites for hydroxylation is 1. The van der Waals surface area contributed by atoms with Crippen LogP contribution in [0.15, 0.2) is 79.1 Å². The van der Waals surface area contributed by atoms with Crippen LogP contribution in [0.4, 0.5) is 15.8 Å². The van der Waals surface area contributed by atoms with E-state index in [2.05, 4.69) is 15.0 Å². The normalized spacial score (nSPS) is 17.6. The molecule has 1 fully saturated rings. The van der Waals surface area contributed by atoms with Gasteiger partial charge in [0.2, 0.25) is 10.0 Å². The Labute approximate surface area is 225 Å². The minimum Gasteiger partial charge on any atom is -0.351 e. The van der Waals surface area contributed by atoms with E-state index in [1.54, 1.807) is 24.4 Å². The number of nitrogens with one attached hydrogen (secondary N) is 2. The van der Waals surface area contributed by atoms with Crippen LogP contribution in [0.5, 0.6) is 0 Å². The van der Waals surface area contributed by atoms with Crippen molar-refractivity contribution in [3.63, 3.8) is 0 Å². The fourth-order valence-electron chi connectivity index (χ4n) is 4.55. The monoisotopic (exact) mass is 555 g/mol. The average molecular weight is 556 g/mol. The first-order valence-corrected chi connectivity index (χ1v) is 14.0. The van der Waals surface area contributed by atoms with E-state index < -0.39 is 15.8 Å². The summed E-state index contributed by atoms with van der Waals surface area (Å²) in [5.74, 6) is -0.492. The molecule has 0 spiro atoms. The molecule has 190 valence electrons. The smallest absolute Gasteiger partial charge is 0.229 e. The van der Waals surface area contributed by atoms with Gasteiger partial charge in [-0.25, -0.2) is 12.8 Å². The first-order valence-electron chi connectivity index (χ1n) is 11.3. The molecule has 1 aliphatic heterocycles. The highest BCUT2D eigenvalue weighted by Gasteiger charge is 2.42. The van der Waals surface area contributed by atoms with Gasteiger partial charge in [0.25, 0.3) is 0 Å². The second kappa shape index (κ2) is 9.77. The highest BCUT2D eigenvalue weighted by Crippen LogP contribution is 2.43. The molecule has 5 rings (SSSR count). The van der Waals surface area contributed by atoms with Gasteiger partial charge in [-0.05, 0) is 85.4 Å². The van der Waals surface area contributed by atoms with E-state index in [0.29, 0.717) is 16.5 Å². The minimum atomic E-state index is -3.43. The lowest BCUT2D eigenvalue weighted by molar-refractivity contribution is 0.549. The molecule has 4 aromatic rings. The van der Waals surface area contributed by atoms with Crippen molar-refractivity contribution < 1.29 is 12.8 Å². The topological polar surface area (TPSA) is 79.3 Å². The Morgan fingerprint density at radius 2 is 1.86 bits per heavy atom. The third-order valence-corrected chi connectivity index (χ3v) is 7.34. The molecule has 0 amide bonds. The summed E-state index contributed by atoms with van der Waals surface area (Å²) in [6.45, 7) is 1.83. The van der Waals surface area contributed by atoms with Crippen LogP contribution >= 0.6 is 23.8 Å². The second-order valence-corrected chi connectivity index (χ2v) is 11.3. The zero-order valence-corrected chi connectivity index (χ0v) is 22.3. The number of aromatic nitrogens is 2. The number of benzene rings is 2. The number of anilines is 2. The number of rotatable bonds is 6. The van der Waals surface area contributed by atoms with Crippen molar-refractivity contribution in [3.05, 3.63) is 107 Å². The van der Waals surface area contributed by atoms with Crippen LogP contribution in [0.1, 0.15) is 29.0 Å². The van der Waals surface area contributed by atoms with Gasteiger partial charge in [-0.1, -0.05) is 17.7 Å². The van der Waals surface area contributed by atoms with Crippen molar-refractivity contribution in [3.8, 4) is 5.69 Å². The summed E-state index contributed by atoms with van der Waals surface area (Å²) in [6.07, 6.45) is 4.73. The quantitative estimate of drug-likeness (QED) is 0.305. The predicted molar refractivity (Wildman–Crippen MR) is 148 cm³/mol. The number of hydrogen-bond acceptors (Lipinski definition) is 4. The zero-order valence-electron chi connectivity index (χ0n) is 19.9. The standard InChI is InChI=1S/C26H23ClFN5O2S2/c1-16-14-18(9-11-21(16)31-37(2,34)35)33-25(24(30-26(33)36)22-6-3-4-12-29-22)23-7-5-13-32(23)17-8-10-20(28)19(27)15-17/h3-15,24-25,31H,1-2H3,(H,30,36)/t24-,25+/m1/s1. The first-order chi connectivity index (χ1) is 17.6. The van der Waals surface area contributed by atoms with Crippen molar-refractivity contribution in [1.29, 1.82) is 0 Å². The zero-order chi connectivity index (χ0) is 26.3. The van der Waals surface area contributed by atoms with Crippen LogP contribution in [0.2, 0.25) is 5.02 Å². The van der Waals surface area contributed by atoms with E-state index in [1.165, 1.54) is 6.07 Å². The molecular formula is C26H23ClFN5O2S2. The van der Waals surface area contributed by atoms with Gasteiger partial charge in [0.15, 0.2) is 5.11 Å². The van der Waals surface area contributed by atoms with Crippen LogP contribution in [-0.2, 0) is 10.0 Å². The molecule has 2 aromatic carbocycles. The summed E-state index contributed by atoms with van der Waals surface area (Å²) in [5, 5.41) is 3.93.